The zero-order valence-electron chi connectivity index (χ0n) is 7.57. The van der Waals surface area contributed by atoms with Crippen molar-refractivity contribution >= 4 is 27.5 Å². The number of hydrogen-bond acceptors (Lipinski definition) is 4. The van der Waals surface area contributed by atoms with Crippen molar-refractivity contribution in [1.82, 2.24) is 5.32 Å². The van der Waals surface area contributed by atoms with Crippen LogP contribution in [-0.4, -0.2) is 26.6 Å². The van der Waals surface area contributed by atoms with Gasteiger partial charge in [0.1, 0.15) is 0 Å². The van der Waals surface area contributed by atoms with Crippen LogP contribution in [0.4, 0.5) is 0 Å². The van der Waals surface area contributed by atoms with Gasteiger partial charge < -0.3 is 9.73 Å². The van der Waals surface area contributed by atoms with E-state index in [1.165, 1.54) is 12.3 Å². The summed E-state index contributed by atoms with van der Waals surface area (Å²) in [5.74, 6) is -0.828. The maximum Gasteiger partial charge on any atom is 0.256 e. The number of furan rings is 1. The normalized spacial score (nSPS) is 11.3. The number of primary sulfonamides is 1. The Morgan fingerprint density at radius 2 is 2.27 bits per heavy atom. The van der Waals surface area contributed by atoms with Gasteiger partial charge in [0.15, 0.2) is 0 Å². The number of carbonyl (C=O) groups excluding carboxylic acids is 1. The molecule has 0 aliphatic rings. The number of nitrogens with two attached hydrogens (primary N) is 1. The molecule has 1 amide bonds. The van der Waals surface area contributed by atoms with Crippen LogP contribution in [0.2, 0.25) is 5.22 Å². The number of carbonyl (C=O) groups is 1. The fourth-order valence-electron chi connectivity index (χ4n) is 0.858. The van der Waals surface area contributed by atoms with Crippen LogP contribution in [0.25, 0.3) is 0 Å². The summed E-state index contributed by atoms with van der Waals surface area (Å²) in [6.07, 6.45) is 1.26. The Morgan fingerprint density at radius 1 is 1.60 bits per heavy atom. The summed E-state index contributed by atoms with van der Waals surface area (Å²) in [6, 6.07) is 1.38. The molecule has 8 heteroatoms. The van der Waals surface area contributed by atoms with Crippen LogP contribution in [0.15, 0.2) is 16.7 Å². The van der Waals surface area contributed by atoms with Crippen LogP contribution in [0.3, 0.4) is 0 Å². The second kappa shape index (κ2) is 4.65. The first-order valence-corrected chi connectivity index (χ1v) is 6.01. The van der Waals surface area contributed by atoms with E-state index < -0.39 is 15.9 Å². The Balaban J connectivity index is 2.48. The standard InChI is InChI=1S/C7H9ClN2O4S/c8-6-5(1-3-14-6)7(11)10-2-4-15(9,12)13/h1,3H,2,4H2,(H,10,11)(H2,9,12,13). The number of amides is 1. The Kier molecular flexibility index (Phi) is 3.72. The van der Waals surface area contributed by atoms with E-state index in [1.807, 2.05) is 0 Å². The molecule has 3 N–H and O–H groups in total. The predicted octanol–water partition coefficient (Wildman–Crippen LogP) is -0.0487. The molecule has 0 radical (unpaired) electrons. The highest BCUT2D eigenvalue weighted by Crippen LogP contribution is 2.15. The Morgan fingerprint density at radius 3 is 2.73 bits per heavy atom. The lowest BCUT2D eigenvalue weighted by Crippen LogP contribution is -2.31. The van der Waals surface area contributed by atoms with Gasteiger partial charge in [-0.2, -0.15) is 0 Å². The molecule has 0 unspecified atom stereocenters. The molecule has 15 heavy (non-hydrogen) atoms. The second-order valence-corrected chi connectivity index (χ2v) is 4.81. The van der Waals surface area contributed by atoms with Crippen LogP contribution in [-0.2, 0) is 10.0 Å². The second-order valence-electron chi connectivity index (χ2n) is 2.73. The van der Waals surface area contributed by atoms with Gasteiger partial charge in [-0.05, 0) is 17.7 Å². The van der Waals surface area contributed by atoms with Gasteiger partial charge in [-0.3, -0.25) is 4.79 Å². The molecular weight excluding hydrogens is 244 g/mol. The molecule has 0 saturated carbocycles. The van der Waals surface area contributed by atoms with Gasteiger partial charge in [0, 0.05) is 6.54 Å². The van der Waals surface area contributed by atoms with Crippen molar-refractivity contribution in [2.75, 3.05) is 12.3 Å². The first-order chi connectivity index (χ1) is 6.90. The minimum Gasteiger partial charge on any atom is -0.452 e. The molecule has 6 nitrogen and oxygen atoms in total. The largest absolute Gasteiger partial charge is 0.452 e. The van der Waals surface area contributed by atoms with E-state index in [0.29, 0.717) is 0 Å². The van der Waals surface area contributed by atoms with E-state index in [-0.39, 0.29) is 23.1 Å². The fourth-order valence-corrected chi connectivity index (χ4v) is 1.44. The molecule has 84 valence electrons. The summed E-state index contributed by atoms with van der Waals surface area (Å²) in [7, 11) is -3.57. The topological polar surface area (TPSA) is 102 Å². The average molecular weight is 253 g/mol. The van der Waals surface area contributed by atoms with Gasteiger partial charge in [-0.1, -0.05) is 0 Å². The molecule has 1 aromatic rings. The maximum absolute atomic E-state index is 11.3. The molecule has 1 aromatic heterocycles. The highest BCUT2D eigenvalue weighted by molar-refractivity contribution is 7.89. The zero-order valence-corrected chi connectivity index (χ0v) is 9.14. The monoisotopic (exact) mass is 252 g/mol. The third-order valence-electron chi connectivity index (χ3n) is 1.53. The molecule has 0 aliphatic heterocycles. The number of hydrogen-bond donors (Lipinski definition) is 2. The lowest BCUT2D eigenvalue weighted by Gasteiger charge is -2.01. The first kappa shape index (κ1) is 12.0. The van der Waals surface area contributed by atoms with Crippen molar-refractivity contribution < 1.29 is 17.6 Å². The van der Waals surface area contributed by atoms with E-state index in [9.17, 15) is 13.2 Å². The zero-order chi connectivity index (χ0) is 11.5. The van der Waals surface area contributed by atoms with E-state index in [2.05, 4.69) is 5.32 Å². The van der Waals surface area contributed by atoms with Gasteiger partial charge in [0.25, 0.3) is 5.91 Å². The van der Waals surface area contributed by atoms with E-state index in [4.69, 9.17) is 21.2 Å². The minimum absolute atomic E-state index is 0.0388. The molecule has 1 heterocycles. The van der Waals surface area contributed by atoms with Crippen LogP contribution in [0, 0.1) is 0 Å². The van der Waals surface area contributed by atoms with E-state index in [0.717, 1.165) is 0 Å². The summed E-state index contributed by atoms with van der Waals surface area (Å²) in [5.41, 5.74) is 0.158. The van der Waals surface area contributed by atoms with Crippen LogP contribution in [0.1, 0.15) is 10.4 Å². The smallest absolute Gasteiger partial charge is 0.256 e. The van der Waals surface area contributed by atoms with Crippen molar-refractivity contribution in [2.45, 2.75) is 0 Å². The summed E-state index contributed by atoms with van der Waals surface area (Å²) < 4.78 is 25.8. The summed E-state index contributed by atoms with van der Waals surface area (Å²) in [6.45, 7) is -0.0703. The van der Waals surface area contributed by atoms with Gasteiger partial charge in [0.05, 0.1) is 17.6 Å². The highest BCUT2D eigenvalue weighted by atomic mass is 35.5. The van der Waals surface area contributed by atoms with Crippen molar-refractivity contribution in [3.8, 4) is 0 Å². The van der Waals surface area contributed by atoms with Gasteiger partial charge in [-0.15, -0.1) is 0 Å². The van der Waals surface area contributed by atoms with Crippen molar-refractivity contribution in [1.29, 1.82) is 0 Å². The molecule has 0 bridgehead atoms. The minimum atomic E-state index is -3.57. The Hall–Kier alpha value is -1.05. The maximum atomic E-state index is 11.3. The molecule has 0 atom stereocenters. The third-order valence-corrected chi connectivity index (χ3v) is 2.60. The van der Waals surface area contributed by atoms with Crippen molar-refractivity contribution in [3.63, 3.8) is 0 Å². The molecule has 0 aromatic carbocycles. The van der Waals surface area contributed by atoms with E-state index in [1.54, 1.807) is 0 Å². The fraction of sp³-hybridized carbons (Fsp3) is 0.286. The summed E-state index contributed by atoms with van der Waals surface area (Å²) in [5, 5.41) is 7.05. The molecular formula is C7H9ClN2O4S. The number of sulfonamides is 1. The quantitative estimate of drug-likeness (QED) is 0.784. The molecule has 1 rings (SSSR count). The van der Waals surface area contributed by atoms with Crippen molar-refractivity contribution in [2.24, 2.45) is 5.14 Å². The number of halogens is 1. The van der Waals surface area contributed by atoms with Gasteiger partial charge in [0.2, 0.25) is 15.2 Å². The molecule has 0 aliphatic carbocycles. The first-order valence-electron chi connectivity index (χ1n) is 3.92. The highest BCUT2D eigenvalue weighted by Gasteiger charge is 2.13. The summed E-state index contributed by atoms with van der Waals surface area (Å²) in [4.78, 5) is 11.3. The van der Waals surface area contributed by atoms with Crippen LogP contribution < -0.4 is 10.5 Å². The van der Waals surface area contributed by atoms with Crippen LogP contribution in [0.5, 0.6) is 0 Å². The number of rotatable bonds is 4. The third kappa shape index (κ3) is 3.90. The SMILES string of the molecule is NS(=O)(=O)CCNC(=O)c1ccoc1Cl. The summed E-state index contributed by atoms with van der Waals surface area (Å²) >= 11 is 5.53. The van der Waals surface area contributed by atoms with Crippen molar-refractivity contribution in [3.05, 3.63) is 23.1 Å². The molecule has 0 spiro atoms. The molecule has 0 saturated heterocycles. The number of nitrogens with one attached hydrogen (secondary N) is 1. The Bertz CT molecular complexity index is 453. The lowest BCUT2D eigenvalue weighted by molar-refractivity contribution is 0.0955. The van der Waals surface area contributed by atoms with E-state index >= 15 is 0 Å². The predicted molar refractivity (Wildman–Crippen MR) is 54.0 cm³/mol. The molecule has 0 fully saturated rings. The van der Waals surface area contributed by atoms with Gasteiger partial charge in [-0.25, -0.2) is 13.6 Å². The van der Waals surface area contributed by atoms with Crippen LogP contribution >= 0.6 is 11.6 Å². The average Bonchev–Trinajstić information content (AvgIpc) is 2.48. The van der Waals surface area contributed by atoms with Gasteiger partial charge >= 0.3 is 0 Å². The lowest BCUT2D eigenvalue weighted by atomic mass is 10.3. The Labute approximate surface area is 91.4 Å².